The molecular formula is C12H21NOS. The van der Waals surface area contributed by atoms with E-state index in [2.05, 4.69) is 29.9 Å². The summed E-state index contributed by atoms with van der Waals surface area (Å²) in [7, 11) is 0. The van der Waals surface area contributed by atoms with Crippen molar-refractivity contribution >= 4 is 11.3 Å². The second-order valence-electron chi connectivity index (χ2n) is 3.68. The Morgan fingerprint density at radius 2 is 2.20 bits per heavy atom. The van der Waals surface area contributed by atoms with E-state index in [0.717, 1.165) is 26.2 Å². The number of hydrogen-bond donors (Lipinski definition) is 1. The van der Waals surface area contributed by atoms with Crippen molar-refractivity contribution < 1.29 is 4.74 Å². The molecule has 0 fully saturated rings. The van der Waals surface area contributed by atoms with Crippen molar-refractivity contribution in [3.8, 4) is 0 Å². The van der Waals surface area contributed by atoms with Gasteiger partial charge in [-0.1, -0.05) is 6.92 Å². The highest BCUT2D eigenvalue weighted by molar-refractivity contribution is 7.08. The quantitative estimate of drug-likeness (QED) is 0.772. The van der Waals surface area contributed by atoms with E-state index < -0.39 is 0 Å². The lowest BCUT2D eigenvalue weighted by Crippen LogP contribution is -2.26. The SMILES string of the molecule is CCCNC(COCC)c1cscc1C. The summed E-state index contributed by atoms with van der Waals surface area (Å²) in [5.41, 5.74) is 2.76. The van der Waals surface area contributed by atoms with E-state index in [1.807, 2.05) is 6.92 Å². The zero-order chi connectivity index (χ0) is 11.1. The van der Waals surface area contributed by atoms with Crippen molar-refractivity contribution in [2.75, 3.05) is 19.8 Å². The largest absolute Gasteiger partial charge is 0.380 e. The Balaban J connectivity index is 2.58. The third-order valence-electron chi connectivity index (χ3n) is 2.40. The van der Waals surface area contributed by atoms with Crippen LogP contribution in [0.15, 0.2) is 10.8 Å². The molecule has 15 heavy (non-hydrogen) atoms. The summed E-state index contributed by atoms with van der Waals surface area (Å²) in [5.74, 6) is 0. The first kappa shape index (κ1) is 12.7. The van der Waals surface area contributed by atoms with Crippen molar-refractivity contribution in [1.29, 1.82) is 0 Å². The van der Waals surface area contributed by atoms with Gasteiger partial charge in [0, 0.05) is 6.61 Å². The van der Waals surface area contributed by atoms with E-state index in [0.29, 0.717) is 6.04 Å². The molecular weight excluding hydrogens is 206 g/mol. The molecule has 1 atom stereocenters. The van der Waals surface area contributed by atoms with Crippen LogP contribution in [0.25, 0.3) is 0 Å². The Morgan fingerprint density at radius 3 is 2.73 bits per heavy atom. The van der Waals surface area contributed by atoms with Crippen molar-refractivity contribution in [1.82, 2.24) is 5.32 Å². The fourth-order valence-electron chi connectivity index (χ4n) is 1.54. The van der Waals surface area contributed by atoms with Gasteiger partial charge in [0.15, 0.2) is 0 Å². The fraction of sp³-hybridized carbons (Fsp3) is 0.667. The van der Waals surface area contributed by atoms with E-state index in [-0.39, 0.29) is 0 Å². The Bertz CT molecular complexity index is 264. The first-order chi connectivity index (χ1) is 7.29. The Morgan fingerprint density at radius 1 is 1.40 bits per heavy atom. The van der Waals surface area contributed by atoms with Crippen LogP contribution in [-0.4, -0.2) is 19.8 Å². The highest BCUT2D eigenvalue weighted by Gasteiger charge is 2.13. The second kappa shape index (κ2) is 6.99. The average Bonchev–Trinajstić information content (AvgIpc) is 2.65. The monoisotopic (exact) mass is 227 g/mol. The molecule has 86 valence electrons. The molecule has 1 aromatic rings. The molecule has 0 bridgehead atoms. The van der Waals surface area contributed by atoms with Crippen LogP contribution in [0.1, 0.15) is 37.4 Å². The highest BCUT2D eigenvalue weighted by atomic mass is 32.1. The zero-order valence-corrected chi connectivity index (χ0v) is 10.7. The minimum atomic E-state index is 0.358. The molecule has 1 N–H and O–H groups in total. The lowest BCUT2D eigenvalue weighted by molar-refractivity contribution is 0.123. The molecule has 0 amide bonds. The van der Waals surface area contributed by atoms with Crippen LogP contribution in [0.4, 0.5) is 0 Å². The maximum absolute atomic E-state index is 5.51. The van der Waals surface area contributed by atoms with Gasteiger partial charge in [-0.25, -0.2) is 0 Å². The number of rotatable bonds is 7. The number of aryl methyl sites for hydroxylation is 1. The standard InChI is InChI=1S/C12H21NOS/c1-4-6-13-12(7-14-5-2)11-9-15-8-10(11)3/h8-9,12-13H,4-7H2,1-3H3. The Kier molecular flexibility index (Phi) is 5.91. The molecule has 0 saturated heterocycles. The molecule has 0 saturated carbocycles. The van der Waals surface area contributed by atoms with Crippen molar-refractivity contribution in [2.45, 2.75) is 33.2 Å². The zero-order valence-electron chi connectivity index (χ0n) is 9.88. The van der Waals surface area contributed by atoms with Crippen molar-refractivity contribution in [3.63, 3.8) is 0 Å². The van der Waals surface area contributed by atoms with E-state index in [1.165, 1.54) is 11.1 Å². The van der Waals surface area contributed by atoms with Gasteiger partial charge in [-0.2, -0.15) is 11.3 Å². The van der Waals surface area contributed by atoms with Gasteiger partial charge in [0.25, 0.3) is 0 Å². The highest BCUT2D eigenvalue weighted by Crippen LogP contribution is 2.22. The van der Waals surface area contributed by atoms with Gasteiger partial charge in [-0.05, 0) is 48.7 Å². The predicted molar refractivity (Wildman–Crippen MR) is 66.6 cm³/mol. The van der Waals surface area contributed by atoms with E-state index in [4.69, 9.17) is 4.74 Å². The van der Waals surface area contributed by atoms with Crippen LogP contribution < -0.4 is 5.32 Å². The van der Waals surface area contributed by atoms with Gasteiger partial charge >= 0.3 is 0 Å². The first-order valence-electron chi connectivity index (χ1n) is 5.63. The van der Waals surface area contributed by atoms with Crippen LogP contribution in [0.5, 0.6) is 0 Å². The van der Waals surface area contributed by atoms with Crippen LogP contribution in [0, 0.1) is 6.92 Å². The molecule has 1 aromatic heterocycles. The summed E-state index contributed by atoms with van der Waals surface area (Å²) in [6.07, 6.45) is 1.16. The minimum Gasteiger partial charge on any atom is -0.380 e. The maximum Gasteiger partial charge on any atom is 0.0661 e. The molecule has 1 unspecified atom stereocenters. The normalized spacial score (nSPS) is 13.0. The lowest BCUT2D eigenvalue weighted by Gasteiger charge is -2.18. The molecule has 0 aliphatic carbocycles. The number of nitrogens with one attached hydrogen (secondary N) is 1. The minimum absolute atomic E-state index is 0.358. The summed E-state index contributed by atoms with van der Waals surface area (Å²) in [5, 5.41) is 7.95. The maximum atomic E-state index is 5.51. The molecule has 0 aliphatic rings. The Hall–Kier alpha value is -0.380. The molecule has 3 heteroatoms. The van der Waals surface area contributed by atoms with Gasteiger partial charge in [-0.3, -0.25) is 0 Å². The van der Waals surface area contributed by atoms with Crippen LogP contribution in [-0.2, 0) is 4.74 Å². The third-order valence-corrected chi connectivity index (χ3v) is 3.28. The van der Waals surface area contributed by atoms with Crippen LogP contribution in [0.3, 0.4) is 0 Å². The van der Waals surface area contributed by atoms with Gasteiger partial charge in [0.2, 0.25) is 0 Å². The summed E-state index contributed by atoms with van der Waals surface area (Å²) in [4.78, 5) is 0. The summed E-state index contributed by atoms with van der Waals surface area (Å²) >= 11 is 1.77. The van der Waals surface area contributed by atoms with Gasteiger partial charge in [0.1, 0.15) is 0 Å². The molecule has 0 aliphatic heterocycles. The molecule has 1 heterocycles. The van der Waals surface area contributed by atoms with Crippen LogP contribution >= 0.6 is 11.3 Å². The van der Waals surface area contributed by atoms with Crippen LogP contribution in [0.2, 0.25) is 0 Å². The predicted octanol–water partition coefficient (Wildman–Crippen LogP) is 3.13. The van der Waals surface area contributed by atoms with E-state index in [9.17, 15) is 0 Å². The topological polar surface area (TPSA) is 21.3 Å². The molecule has 0 aromatic carbocycles. The fourth-order valence-corrected chi connectivity index (χ4v) is 2.45. The van der Waals surface area contributed by atoms with Crippen molar-refractivity contribution in [2.24, 2.45) is 0 Å². The molecule has 2 nitrogen and oxygen atoms in total. The number of thiophene rings is 1. The molecule has 0 radical (unpaired) electrons. The third kappa shape index (κ3) is 3.93. The Labute approximate surface area is 96.7 Å². The lowest BCUT2D eigenvalue weighted by atomic mass is 10.1. The van der Waals surface area contributed by atoms with Gasteiger partial charge < -0.3 is 10.1 Å². The average molecular weight is 227 g/mol. The van der Waals surface area contributed by atoms with E-state index >= 15 is 0 Å². The summed E-state index contributed by atoms with van der Waals surface area (Å²) < 4.78 is 5.51. The summed E-state index contributed by atoms with van der Waals surface area (Å²) in [6.45, 7) is 9.00. The smallest absolute Gasteiger partial charge is 0.0661 e. The van der Waals surface area contributed by atoms with Gasteiger partial charge in [0.05, 0.1) is 12.6 Å². The second-order valence-corrected chi connectivity index (χ2v) is 4.42. The van der Waals surface area contributed by atoms with E-state index in [1.54, 1.807) is 11.3 Å². The van der Waals surface area contributed by atoms with Gasteiger partial charge in [-0.15, -0.1) is 0 Å². The number of ether oxygens (including phenoxy) is 1. The molecule has 1 rings (SSSR count). The number of hydrogen-bond acceptors (Lipinski definition) is 3. The summed E-state index contributed by atoms with van der Waals surface area (Å²) in [6, 6.07) is 0.358. The molecule has 0 spiro atoms. The first-order valence-corrected chi connectivity index (χ1v) is 6.57. The van der Waals surface area contributed by atoms with Crippen molar-refractivity contribution in [3.05, 3.63) is 21.9 Å².